The lowest BCUT2D eigenvalue weighted by atomic mass is 10.1. The van der Waals surface area contributed by atoms with Crippen LogP contribution in [0, 0.1) is 12.7 Å². The van der Waals surface area contributed by atoms with Crippen molar-refractivity contribution in [3.05, 3.63) is 71.2 Å². The first-order chi connectivity index (χ1) is 13.4. The van der Waals surface area contributed by atoms with Gasteiger partial charge >= 0.3 is 5.97 Å². The molecule has 0 saturated heterocycles. The molecule has 7 nitrogen and oxygen atoms in total. The van der Waals surface area contributed by atoms with Gasteiger partial charge in [0.1, 0.15) is 17.2 Å². The summed E-state index contributed by atoms with van der Waals surface area (Å²) in [5.74, 6) is -1.48. The number of esters is 1. The summed E-state index contributed by atoms with van der Waals surface area (Å²) < 4.78 is 20.2. The van der Waals surface area contributed by atoms with Crippen molar-refractivity contribution in [3.8, 4) is 5.69 Å². The molecule has 0 unspecified atom stereocenters. The van der Waals surface area contributed by atoms with Crippen LogP contribution < -0.4 is 11.1 Å². The Balaban J connectivity index is 1.86. The Morgan fingerprint density at radius 3 is 2.75 bits per heavy atom. The smallest absolute Gasteiger partial charge is 0.343 e. The van der Waals surface area contributed by atoms with Gasteiger partial charge in [0.25, 0.3) is 5.91 Å². The van der Waals surface area contributed by atoms with E-state index >= 15 is 0 Å². The number of amides is 1. The number of hydrogen-bond donors (Lipinski definition) is 2. The molecule has 0 fully saturated rings. The average Bonchev–Trinajstić information content (AvgIpc) is 3.06. The van der Waals surface area contributed by atoms with E-state index in [4.69, 9.17) is 10.5 Å². The number of aryl methyl sites for hydroxylation is 1. The highest BCUT2D eigenvalue weighted by atomic mass is 19.1. The molecule has 1 amide bonds. The van der Waals surface area contributed by atoms with E-state index in [2.05, 4.69) is 10.4 Å². The highest BCUT2D eigenvalue weighted by Crippen LogP contribution is 2.20. The molecule has 0 saturated carbocycles. The summed E-state index contributed by atoms with van der Waals surface area (Å²) in [5, 5.41) is 6.63. The Morgan fingerprint density at radius 2 is 2.04 bits per heavy atom. The Hall–Kier alpha value is -3.68. The highest BCUT2D eigenvalue weighted by Gasteiger charge is 2.18. The summed E-state index contributed by atoms with van der Waals surface area (Å²) in [4.78, 5) is 24.4. The lowest BCUT2D eigenvalue weighted by molar-refractivity contribution is 0.0527. The van der Waals surface area contributed by atoms with Crippen molar-refractivity contribution in [2.75, 3.05) is 17.7 Å². The first-order valence-electron chi connectivity index (χ1n) is 8.59. The van der Waals surface area contributed by atoms with Crippen LogP contribution in [0.15, 0.2) is 48.7 Å². The Bertz CT molecular complexity index is 1050. The molecule has 144 valence electrons. The van der Waals surface area contributed by atoms with E-state index in [1.807, 2.05) is 0 Å². The molecule has 3 aromatic rings. The lowest BCUT2D eigenvalue weighted by Gasteiger charge is -2.09. The summed E-state index contributed by atoms with van der Waals surface area (Å²) in [7, 11) is 0. The summed E-state index contributed by atoms with van der Waals surface area (Å²) in [6.07, 6.45) is 1.31. The quantitative estimate of drug-likeness (QED) is 0.660. The van der Waals surface area contributed by atoms with Gasteiger partial charge in [0, 0.05) is 5.56 Å². The maximum Gasteiger partial charge on any atom is 0.343 e. The SMILES string of the molecule is CCOC(=O)c1cnn(-c2cccc(C(=O)Nc3ccc(C)cc3F)c2)c1N. The number of halogens is 1. The van der Waals surface area contributed by atoms with Crippen LogP contribution in [-0.4, -0.2) is 28.3 Å². The molecule has 0 aliphatic rings. The third-order valence-electron chi connectivity index (χ3n) is 4.03. The second kappa shape index (κ2) is 7.91. The van der Waals surface area contributed by atoms with Crippen LogP contribution in [0.1, 0.15) is 33.2 Å². The number of nitrogens with one attached hydrogen (secondary N) is 1. The first kappa shape index (κ1) is 19.1. The molecule has 0 atom stereocenters. The number of hydrogen-bond acceptors (Lipinski definition) is 5. The van der Waals surface area contributed by atoms with E-state index in [-0.39, 0.29) is 29.2 Å². The summed E-state index contributed by atoms with van der Waals surface area (Å²) in [5.41, 5.74) is 7.74. The van der Waals surface area contributed by atoms with Gasteiger partial charge in [0.15, 0.2) is 0 Å². The molecular formula is C20H19FN4O3. The molecule has 28 heavy (non-hydrogen) atoms. The molecule has 3 rings (SSSR count). The number of ether oxygens (including phenoxy) is 1. The van der Waals surface area contributed by atoms with Crippen molar-refractivity contribution >= 4 is 23.4 Å². The van der Waals surface area contributed by atoms with E-state index in [1.165, 1.54) is 23.0 Å². The van der Waals surface area contributed by atoms with E-state index in [1.54, 1.807) is 44.2 Å². The van der Waals surface area contributed by atoms with Crippen LogP contribution in [0.2, 0.25) is 0 Å². The van der Waals surface area contributed by atoms with Crippen molar-refractivity contribution in [2.24, 2.45) is 0 Å². The standard InChI is InChI=1S/C20H19FN4O3/c1-3-28-20(27)15-11-23-25(18(15)22)14-6-4-5-13(10-14)19(26)24-17-8-7-12(2)9-16(17)21/h4-11H,3,22H2,1-2H3,(H,24,26). The number of nitrogen functional groups attached to an aromatic ring is 1. The van der Waals surface area contributed by atoms with Gasteiger partial charge in [-0.25, -0.2) is 13.9 Å². The fourth-order valence-electron chi connectivity index (χ4n) is 2.62. The Morgan fingerprint density at radius 1 is 1.25 bits per heavy atom. The molecule has 0 spiro atoms. The number of nitrogens with zero attached hydrogens (tertiary/aromatic N) is 2. The number of benzene rings is 2. The second-order valence-corrected chi connectivity index (χ2v) is 6.06. The monoisotopic (exact) mass is 382 g/mol. The second-order valence-electron chi connectivity index (χ2n) is 6.06. The van der Waals surface area contributed by atoms with Crippen LogP contribution in [0.3, 0.4) is 0 Å². The maximum atomic E-state index is 14.0. The number of anilines is 2. The number of aromatic nitrogens is 2. The van der Waals surface area contributed by atoms with Crippen LogP contribution >= 0.6 is 0 Å². The fraction of sp³-hybridized carbons (Fsp3) is 0.150. The minimum Gasteiger partial charge on any atom is -0.462 e. The summed E-state index contributed by atoms with van der Waals surface area (Å²) >= 11 is 0. The van der Waals surface area contributed by atoms with Gasteiger partial charge in [0.05, 0.1) is 24.2 Å². The van der Waals surface area contributed by atoms with E-state index in [0.717, 1.165) is 5.56 Å². The van der Waals surface area contributed by atoms with E-state index < -0.39 is 17.7 Å². The van der Waals surface area contributed by atoms with Crippen LogP contribution in [-0.2, 0) is 4.74 Å². The zero-order chi connectivity index (χ0) is 20.3. The van der Waals surface area contributed by atoms with E-state index in [9.17, 15) is 14.0 Å². The number of carbonyl (C=O) groups excluding carboxylic acids is 2. The van der Waals surface area contributed by atoms with Crippen molar-refractivity contribution in [2.45, 2.75) is 13.8 Å². The molecule has 0 aliphatic heterocycles. The minimum absolute atomic E-state index is 0.0872. The zero-order valence-corrected chi connectivity index (χ0v) is 15.4. The molecule has 1 aromatic heterocycles. The largest absolute Gasteiger partial charge is 0.462 e. The topological polar surface area (TPSA) is 99.2 Å². The third-order valence-corrected chi connectivity index (χ3v) is 4.03. The number of carbonyl (C=O) groups is 2. The zero-order valence-electron chi connectivity index (χ0n) is 15.4. The Labute approximate surface area is 160 Å². The van der Waals surface area contributed by atoms with E-state index in [0.29, 0.717) is 5.69 Å². The van der Waals surface area contributed by atoms with Crippen molar-refractivity contribution in [1.29, 1.82) is 0 Å². The molecule has 8 heteroatoms. The van der Waals surface area contributed by atoms with Crippen LogP contribution in [0.25, 0.3) is 5.69 Å². The summed E-state index contributed by atoms with van der Waals surface area (Å²) in [6.45, 7) is 3.67. The van der Waals surface area contributed by atoms with Gasteiger partial charge in [-0.3, -0.25) is 4.79 Å². The van der Waals surface area contributed by atoms with Crippen molar-refractivity contribution < 1.29 is 18.7 Å². The minimum atomic E-state index is -0.574. The van der Waals surface area contributed by atoms with Gasteiger partial charge in [-0.15, -0.1) is 0 Å². The maximum absolute atomic E-state index is 14.0. The first-order valence-corrected chi connectivity index (χ1v) is 8.59. The van der Waals surface area contributed by atoms with Crippen LogP contribution in [0.4, 0.5) is 15.9 Å². The van der Waals surface area contributed by atoms with Gasteiger partial charge in [-0.1, -0.05) is 12.1 Å². The van der Waals surface area contributed by atoms with Gasteiger partial charge in [0.2, 0.25) is 0 Å². The summed E-state index contributed by atoms with van der Waals surface area (Å²) in [6, 6.07) is 11.0. The molecule has 0 aliphatic carbocycles. The molecule has 1 heterocycles. The normalized spacial score (nSPS) is 10.5. The molecule has 3 N–H and O–H groups in total. The predicted molar refractivity (Wildman–Crippen MR) is 103 cm³/mol. The van der Waals surface area contributed by atoms with Gasteiger partial charge in [-0.05, 0) is 49.7 Å². The van der Waals surface area contributed by atoms with Gasteiger partial charge < -0.3 is 15.8 Å². The van der Waals surface area contributed by atoms with Crippen molar-refractivity contribution in [3.63, 3.8) is 0 Å². The average molecular weight is 382 g/mol. The predicted octanol–water partition coefficient (Wildman–Crippen LogP) is 3.33. The molecule has 2 aromatic carbocycles. The van der Waals surface area contributed by atoms with Crippen molar-refractivity contribution in [1.82, 2.24) is 9.78 Å². The molecular weight excluding hydrogens is 363 g/mol. The van der Waals surface area contributed by atoms with Gasteiger partial charge in [-0.2, -0.15) is 5.10 Å². The molecule has 0 radical (unpaired) electrons. The highest BCUT2D eigenvalue weighted by molar-refractivity contribution is 6.04. The van der Waals surface area contributed by atoms with Crippen LogP contribution in [0.5, 0.6) is 0 Å². The molecule has 0 bridgehead atoms. The third kappa shape index (κ3) is 3.85. The Kier molecular flexibility index (Phi) is 5.39. The number of rotatable bonds is 5. The lowest BCUT2D eigenvalue weighted by Crippen LogP contribution is -2.14. The number of nitrogens with two attached hydrogens (primary N) is 1. The fourth-order valence-corrected chi connectivity index (χ4v) is 2.62.